The number of hydrogen-bond acceptors (Lipinski definition) is 6. The molecule has 5 nitrogen and oxygen atoms in total. The molecule has 0 saturated carbocycles. The van der Waals surface area contributed by atoms with E-state index in [0.717, 1.165) is 17.8 Å². The number of thiophene rings is 1. The summed E-state index contributed by atoms with van der Waals surface area (Å²) in [5.41, 5.74) is 0. The highest BCUT2D eigenvalue weighted by molar-refractivity contribution is 7.13. The van der Waals surface area contributed by atoms with Gasteiger partial charge in [0.05, 0.1) is 12.0 Å². The second-order valence-corrected chi connectivity index (χ2v) is 4.32. The molecule has 2 rings (SSSR count). The normalized spacial score (nSPS) is 10.2. The first-order valence-electron chi connectivity index (χ1n) is 5.41. The maximum absolute atomic E-state index is 5.08. The molecule has 0 unspecified atom stereocenters. The lowest BCUT2D eigenvalue weighted by Gasteiger charge is -2.06. The van der Waals surface area contributed by atoms with Gasteiger partial charge in [-0.1, -0.05) is 13.0 Å². The highest BCUT2D eigenvalue weighted by atomic mass is 32.1. The van der Waals surface area contributed by atoms with Crippen LogP contribution in [0.15, 0.2) is 17.5 Å². The first kappa shape index (κ1) is 11.8. The highest BCUT2D eigenvalue weighted by Gasteiger charge is 2.08. The molecular formula is C11H14N4OS. The molecule has 0 aliphatic heterocycles. The molecule has 0 spiro atoms. The summed E-state index contributed by atoms with van der Waals surface area (Å²) in [6, 6.07) is 4.28. The van der Waals surface area contributed by atoms with E-state index >= 15 is 0 Å². The monoisotopic (exact) mass is 250 g/mol. The predicted octanol–water partition coefficient (Wildman–Crippen LogP) is 2.43. The van der Waals surface area contributed by atoms with E-state index in [-0.39, 0.29) is 0 Å². The van der Waals surface area contributed by atoms with E-state index in [2.05, 4.69) is 27.2 Å². The van der Waals surface area contributed by atoms with Gasteiger partial charge in [-0.2, -0.15) is 15.0 Å². The fourth-order valence-electron chi connectivity index (χ4n) is 1.28. The van der Waals surface area contributed by atoms with Crippen LogP contribution >= 0.6 is 11.3 Å². The van der Waals surface area contributed by atoms with Gasteiger partial charge in [-0.15, -0.1) is 11.3 Å². The molecule has 17 heavy (non-hydrogen) atoms. The van der Waals surface area contributed by atoms with E-state index < -0.39 is 0 Å². The Morgan fingerprint density at radius 2 is 2.24 bits per heavy atom. The van der Waals surface area contributed by atoms with E-state index in [1.165, 1.54) is 0 Å². The number of nitrogens with zero attached hydrogens (tertiary/aromatic N) is 3. The van der Waals surface area contributed by atoms with Gasteiger partial charge in [-0.25, -0.2) is 0 Å². The molecule has 2 aromatic heterocycles. The van der Waals surface area contributed by atoms with Gasteiger partial charge in [-0.3, -0.25) is 0 Å². The molecule has 2 aromatic rings. The van der Waals surface area contributed by atoms with Crippen molar-refractivity contribution in [1.82, 2.24) is 15.0 Å². The summed E-state index contributed by atoms with van der Waals surface area (Å²) in [6.07, 6.45) is 1.02. The van der Waals surface area contributed by atoms with Crippen LogP contribution in [0.2, 0.25) is 0 Å². The largest absolute Gasteiger partial charge is 0.467 e. The highest BCUT2D eigenvalue weighted by Crippen LogP contribution is 2.23. The topological polar surface area (TPSA) is 59.9 Å². The molecule has 0 saturated heterocycles. The summed E-state index contributed by atoms with van der Waals surface area (Å²) in [5, 5.41) is 5.12. The Labute approximate surface area is 104 Å². The lowest BCUT2D eigenvalue weighted by atomic mass is 10.4. The van der Waals surface area contributed by atoms with E-state index in [0.29, 0.717) is 17.8 Å². The van der Waals surface area contributed by atoms with Gasteiger partial charge in [0.15, 0.2) is 5.82 Å². The van der Waals surface area contributed by atoms with Crippen LogP contribution in [0.25, 0.3) is 10.7 Å². The minimum atomic E-state index is 0.335. The molecule has 6 heteroatoms. The second-order valence-electron chi connectivity index (χ2n) is 3.37. The molecule has 0 bridgehead atoms. The van der Waals surface area contributed by atoms with Crippen molar-refractivity contribution in [3.63, 3.8) is 0 Å². The molecule has 0 amide bonds. The fraction of sp³-hybridized carbons (Fsp3) is 0.364. The van der Waals surface area contributed by atoms with Crippen molar-refractivity contribution >= 4 is 17.3 Å². The Bertz CT molecular complexity index is 472. The number of aromatic nitrogens is 3. The van der Waals surface area contributed by atoms with Crippen LogP contribution in [0.3, 0.4) is 0 Å². The summed E-state index contributed by atoms with van der Waals surface area (Å²) in [5.74, 6) is 1.20. The summed E-state index contributed by atoms with van der Waals surface area (Å²) in [6.45, 7) is 2.92. The second kappa shape index (κ2) is 5.58. The van der Waals surface area contributed by atoms with E-state index in [1.807, 2.05) is 17.5 Å². The van der Waals surface area contributed by atoms with Crippen molar-refractivity contribution in [3.05, 3.63) is 17.5 Å². The zero-order chi connectivity index (χ0) is 12.1. The summed E-state index contributed by atoms with van der Waals surface area (Å²) >= 11 is 1.59. The van der Waals surface area contributed by atoms with Crippen LogP contribution in [0, 0.1) is 0 Å². The first-order valence-corrected chi connectivity index (χ1v) is 6.29. The third kappa shape index (κ3) is 2.91. The predicted molar refractivity (Wildman–Crippen MR) is 68.5 cm³/mol. The van der Waals surface area contributed by atoms with Crippen LogP contribution in [-0.4, -0.2) is 28.6 Å². The van der Waals surface area contributed by atoms with E-state index in [9.17, 15) is 0 Å². The van der Waals surface area contributed by atoms with Crippen molar-refractivity contribution in [2.75, 3.05) is 19.0 Å². The van der Waals surface area contributed by atoms with Gasteiger partial charge >= 0.3 is 6.01 Å². The minimum Gasteiger partial charge on any atom is -0.467 e. The number of hydrogen-bond donors (Lipinski definition) is 1. The molecule has 0 fully saturated rings. The number of rotatable bonds is 5. The lowest BCUT2D eigenvalue weighted by molar-refractivity contribution is 0.379. The molecule has 0 atom stereocenters. The third-order valence-corrected chi connectivity index (χ3v) is 2.94. The summed E-state index contributed by atoms with van der Waals surface area (Å²) < 4.78 is 5.08. The SMILES string of the molecule is CCCNc1nc(OC)nc(-c2cccs2)n1. The van der Waals surface area contributed by atoms with Gasteiger partial charge < -0.3 is 10.1 Å². The Morgan fingerprint density at radius 3 is 2.88 bits per heavy atom. The molecule has 1 N–H and O–H groups in total. The average molecular weight is 250 g/mol. The smallest absolute Gasteiger partial charge is 0.321 e. The number of anilines is 1. The number of nitrogens with one attached hydrogen (secondary N) is 1. The Morgan fingerprint density at radius 1 is 1.35 bits per heavy atom. The van der Waals surface area contributed by atoms with Crippen LogP contribution in [-0.2, 0) is 0 Å². The molecular weight excluding hydrogens is 236 g/mol. The maximum Gasteiger partial charge on any atom is 0.321 e. The number of ether oxygens (including phenoxy) is 1. The van der Waals surface area contributed by atoms with Crippen LogP contribution in [0.5, 0.6) is 6.01 Å². The zero-order valence-electron chi connectivity index (χ0n) is 9.80. The quantitative estimate of drug-likeness (QED) is 0.883. The summed E-state index contributed by atoms with van der Waals surface area (Å²) in [7, 11) is 1.55. The van der Waals surface area contributed by atoms with Crippen LogP contribution in [0.1, 0.15) is 13.3 Å². The van der Waals surface area contributed by atoms with Gasteiger partial charge in [0.2, 0.25) is 5.95 Å². The Kier molecular flexibility index (Phi) is 3.87. The molecule has 0 radical (unpaired) electrons. The summed E-state index contributed by atoms with van der Waals surface area (Å²) in [4.78, 5) is 13.7. The van der Waals surface area contributed by atoms with Gasteiger partial charge in [-0.05, 0) is 17.9 Å². The standard InChI is InChI=1S/C11H14N4OS/c1-3-6-12-10-13-9(8-5-4-7-17-8)14-11(15-10)16-2/h4-5,7H,3,6H2,1-2H3,(H,12,13,14,15). The average Bonchev–Trinajstić information content (AvgIpc) is 2.89. The van der Waals surface area contributed by atoms with Gasteiger partial charge in [0.1, 0.15) is 0 Å². The van der Waals surface area contributed by atoms with Gasteiger partial charge in [0.25, 0.3) is 0 Å². The van der Waals surface area contributed by atoms with Crippen molar-refractivity contribution in [1.29, 1.82) is 0 Å². The van der Waals surface area contributed by atoms with Crippen molar-refractivity contribution in [3.8, 4) is 16.7 Å². The van der Waals surface area contributed by atoms with Crippen molar-refractivity contribution < 1.29 is 4.74 Å². The third-order valence-electron chi connectivity index (χ3n) is 2.07. The Hall–Kier alpha value is -1.69. The van der Waals surface area contributed by atoms with E-state index in [1.54, 1.807) is 18.4 Å². The zero-order valence-corrected chi connectivity index (χ0v) is 10.6. The first-order chi connectivity index (χ1) is 8.33. The van der Waals surface area contributed by atoms with Crippen LogP contribution < -0.4 is 10.1 Å². The Balaban J connectivity index is 2.32. The van der Waals surface area contributed by atoms with Gasteiger partial charge in [0, 0.05) is 6.54 Å². The fourth-order valence-corrected chi connectivity index (χ4v) is 1.94. The van der Waals surface area contributed by atoms with Crippen molar-refractivity contribution in [2.24, 2.45) is 0 Å². The van der Waals surface area contributed by atoms with E-state index in [4.69, 9.17) is 4.74 Å². The minimum absolute atomic E-state index is 0.335. The number of methoxy groups -OCH3 is 1. The molecule has 0 aromatic carbocycles. The van der Waals surface area contributed by atoms with Crippen LogP contribution in [0.4, 0.5) is 5.95 Å². The molecule has 90 valence electrons. The maximum atomic E-state index is 5.08. The molecule has 2 heterocycles. The molecule has 0 aliphatic carbocycles. The van der Waals surface area contributed by atoms with Crippen molar-refractivity contribution in [2.45, 2.75) is 13.3 Å². The lowest BCUT2D eigenvalue weighted by Crippen LogP contribution is -2.07. The molecule has 0 aliphatic rings.